The third kappa shape index (κ3) is 3.80. The van der Waals surface area contributed by atoms with Crippen LogP contribution in [0.3, 0.4) is 0 Å². The molecule has 0 atom stereocenters. The van der Waals surface area contributed by atoms with E-state index in [2.05, 4.69) is 31.2 Å². The fourth-order valence-electron chi connectivity index (χ4n) is 1.65. The van der Waals surface area contributed by atoms with E-state index in [0.717, 1.165) is 30.4 Å². The number of halogens is 1. The van der Waals surface area contributed by atoms with Gasteiger partial charge in [-0.3, -0.25) is 4.68 Å². The molecule has 1 aromatic rings. The summed E-state index contributed by atoms with van der Waals surface area (Å²) in [6.07, 6.45) is 2.88. The molecule has 0 spiro atoms. The van der Waals surface area contributed by atoms with Crippen LogP contribution < -0.4 is 5.32 Å². The molecule has 92 valence electrons. The summed E-state index contributed by atoms with van der Waals surface area (Å²) < 4.78 is 1.98. The third-order valence-corrected chi connectivity index (χ3v) is 3.02. The molecule has 4 heteroatoms. The maximum Gasteiger partial charge on any atom is 0.0814 e. The summed E-state index contributed by atoms with van der Waals surface area (Å²) in [7, 11) is 0. The van der Waals surface area contributed by atoms with Gasteiger partial charge in [-0.15, -0.1) is 0 Å². The van der Waals surface area contributed by atoms with E-state index in [1.54, 1.807) is 6.20 Å². The van der Waals surface area contributed by atoms with Crippen LogP contribution in [0.5, 0.6) is 0 Å². The quantitative estimate of drug-likeness (QED) is 0.779. The number of nitrogens with zero attached hydrogens (tertiary/aromatic N) is 2. The lowest BCUT2D eigenvalue weighted by Gasteiger charge is -2.25. The maximum atomic E-state index is 5.99. The van der Waals surface area contributed by atoms with Crippen molar-refractivity contribution in [1.82, 2.24) is 15.1 Å². The number of hydrogen-bond donors (Lipinski definition) is 1. The minimum absolute atomic E-state index is 0.190. The number of nitrogens with one attached hydrogen (secondary N) is 1. The average Bonchev–Trinajstić information content (AvgIpc) is 2.49. The van der Waals surface area contributed by atoms with Gasteiger partial charge in [0.25, 0.3) is 0 Å². The molecule has 1 aromatic heterocycles. The first-order chi connectivity index (χ1) is 7.46. The van der Waals surface area contributed by atoms with Gasteiger partial charge in [0.1, 0.15) is 0 Å². The van der Waals surface area contributed by atoms with E-state index in [4.69, 9.17) is 11.6 Å². The first-order valence-corrected chi connectivity index (χ1v) is 6.22. The highest BCUT2D eigenvalue weighted by Gasteiger charge is 2.19. The highest BCUT2D eigenvalue weighted by Crippen LogP contribution is 2.20. The van der Waals surface area contributed by atoms with Crippen LogP contribution in [0.1, 0.15) is 32.9 Å². The molecule has 1 N–H and O–H groups in total. The van der Waals surface area contributed by atoms with Crippen molar-refractivity contribution in [2.45, 2.75) is 40.7 Å². The fraction of sp³-hybridized carbons (Fsp3) is 0.750. The first-order valence-electron chi connectivity index (χ1n) is 5.85. The molecule has 0 aliphatic heterocycles. The summed E-state index contributed by atoms with van der Waals surface area (Å²) in [5, 5.41) is 8.48. The predicted octanol–water partition coefficient (Wildman–Crippen LogP) is 2.87. The van der Waals surface area contributed by atoms with Gasteiger partial charge < -0.3 is 5.32 Å². The molecule has 1 heterocycles. The van der Waals surface area contributed by atoms with Crippen molar-refractivity contribution in [3.05, 3.63) is 16.9 Å². The molecule has 1 rings (SSSR count). The molecule has 0 unspecified atom stereocenters. The Morgan fingerprint density at radius 3 is 2.69 bits per heavy atom. The van der Waals surface area contributed by atoms with E-state index >= 15 is 0 Å². The summed E-state index contributed by atoms with van der Waals surface area (Å²) in [5.41, 5.74) is 1.24. The molecule has 0 aliphatic carbocycles. The molecule has 16 heavy (non-hydrogen) atoms. The monoisotopic (exact) mass is 243 g/mol. The van der Waals surface area contributed by atoms with Gasteiger partial charge in [0, 0.05) is 13.1 Å². The maximum absolute atomic E-state index is 5.99. The lowest BCUT2D eigenvalue weighted by molar-refractivity contribution is 0.274. The Balaban J connectivity index is 2.54. The molecule has 0 saturated carbocycles. The van der Waals surface area contributed by atoms with Gasteiger partial charge in [-0.25, -0.2) is 0 Å². The molecule has 0 bridgehead atoms. The molecule has 0 amide bonds. The number of hydrogen-bond acceptors (Lipinski definition) is 2. The van der Waals surface area contributed by atoms with Crippen LogP contribution >= 0.6 is 11.6 Å². The van der Waals surface area contributed by atoms with E-state index in [1.807, 2.05) is 11.6 Å². The van der Waals surface area contributed by atoms with E-state index in [9.17, 15) is 0 Å². The van der Waals surface area contributed by atoms with Gasteiger partial charge >= 0.3 is 0 Å². The van der Waals surface area contributed by atoms with Gasteiger partial charge in [-0.2, -0.15) is 5.10 Å². The van der Waals surface area contributed by atoms with E-state index in [0.29, 0.717) is 0 Å². The summed E-state index contributed by atoms with van der Waals surface area (Å²) in [4.78, 5) is 0. The Bertz CT molecular complexity index is 331. The SMILES string of the molecule is CCCNCC(C)(C)Cn1ncc(Cl)c1C. The Hall–Kier alpha value is -0.540. The van der Waals surface area contributed by atoms with Crippen LogP contribution in [0.25, 0.3) is 0 Å². The van der Waals surface area contributed by atoms with Crippen LogP contribution in [-0.4, -0.2) is 22.9 Å². The lowest BCUT2D eigenvalue weighted by atomic mass is 9.93. The second kappa shape index (κ2) is 5.69. The van der Waals surface area contributed by atoms with E-state index in [-0.39, 0.29) is 5.41 Å². The zero-order valence-electron chi connectivity index (χ0n) is 10.7. The topological polar surface area (TPSA) is 29.9 Å². The van der Waals surface area contributed by atoms with Gasteiger partial charge in [-0.1, -0.05) is 32.4 Å². The molecule has 0 fully saturated rings. The summed E-state index contributed by atoms with van der Waals surface area (Å²) >= 11 is 5.99. The van der Waals surface area contributed by atoms with Crippen LogP contribution in [0.15, 0.2) is 6.20 Å². The van der Waals surface area contributed by atoms with Gasteiger partial charge in [0.15, 0.2) is 0 Å². The predicted molar refractivity (Wildman–Crippen MR) is 68.9 cm³/mol. The van der Waals surface area contributed by atoms with Crippen LogP contribution in [0, 0.1) is 12.3 Å². The zero-order chi connectivity index (χ0) is 12.2. The zero-order valence-corrected chi connectivity index (χ0v) is 11.4. The molecular formula is C12H22ClN3. The average molecular weight is 244 g/mol. The van der Waals surface area contributed by atoms with Crippen molar-refractivity contribution in [2.24, 2.45) is 5.41 Å². The Labute approximate surface area is 103 Å². The standard InChI is InChI=1S/C12H22ClN3/c1-5-6-14-8-12(3,4)9-16-10(2)11(13)7-15-16/h7,14H,5-6,8-9H2,1-4H3. The summed E-state index contributed by atoms with van der Waals surface area (Å²) in [5.74, 6) is 0. The van der Waals surface area contributed by atoms with Gasteiger partial charge in [-0.05, 0) is 25.3 Å². The molecular weight excluding hydrogens is 222 g/mol. The van der Waals surface area contributed by atoms with Crippen molar-refractivity contribution in [2.75, 3.05) is 13.1 Å². The minimum atomic E-state index is 0.190. The highest BCUT2D eigenvalue weighted by molar-refractivity contribution is 6.31. The molecule has 0 aliphatic rings. The molecule has 3 nitrogen and oxygen atoms in total. The first kappa shape index (κ1) is 13.5. The highest BCUT2D eigenvalue weighted by atomic mass is 35.5. The van der Waals surface area contributed by atoms with Gasteiger partial charge in [0.05, 0.1) is 16.9 Å². The van der Waals surface area contributed by atoms with E-state index in [1.165, 1.54) is 6.42 Å². The Kier molecular flexibility index (Phi) is 4.81. The molecule has 0 saturated heterocycles. The molecule has 0 radical (unpaired) electrons. The largest absolute Gasteiger partial charge is 0.316 e. The summed E-state index contributed by atoms with van der Waals surface area (Å²) in [6.45, 7) is 11.6. The smallest absolute Gasteiger partial charge is 0.0814 e. The second-order valence-corrected chi connectivity index (χ2v) is 5.48. The number of aromatic nitrogens is 2. The van der Waals surface area contributed by atoms with Crippen molar-refractivity contribution < 1.29 is 0 Å². The summed E-state index contributed by atoms with van der Waals surface area (Å²) in [6, 6.07) is 0. The fourth-order valence-corrected chi connectivity index (χ4v) is 1.79. The number of rotatable bonds is 6. The van der Waals surface area contributed by atoms with E-state index < -0.39 is 0 Å². The minimum Gasteiger partial charge on any atom is -0.316 e. The van der Waals surface area contributed by atoms with Crippen LogP contribution in [-0.2, 0) is 6.54 Å². The van der Waals surface area contributed by atoms with Crippen molar-refractivity contribution in [3.8, 4) is 0 Å². The van der Waals surface area contributed by atoms with Crippen LogP contribution in [0.2, 0.25) is 5.02 Å². The normalized spacial score (nSPS) is 12.1. The Morgan fingerprint density at radius 1 is 1.50 bits per heavy atom. The van der Waals surface area contributed by atoms with Crippen LogP contribution in [0.4, 0.5) is 0 Å². The second-order valence-electron chi connectivity index (χ2n) is 5.08. The van der Waals surface area contributed by atoms with Crippen molar-refractivity contribution in [1.29, 1.82) is 0 Å². The van der Waals surface area contributed by atoms with Crippen molar-refractivity contribution >= 4 is 11.6 Å². The molecule has 0 aromatic carbocycles. The lowest BCUT2D eigenvalue weighted by Crippen LogP contribution is -2.34. The Morgan fingerprint density at radius 2 is 2.19 bits per heavy atom. The van der Waals surface area contributed by atoms with Crippen molar-refractivity contribution in [3.63, 3.8) is 0 Å². The van der Waals surface area contributed by atoms with Gasteiger partial charge in [0.2, 0.25) is 0 Å². The third-order valence-electron chi connectivity index (χ3n) is 2.65.